The number of hydrogen-bond acceptors (Lipinski definition) is 5. The van der Waals surface area contributed by atoms with Crippen LogP contribution >= 0.6 is 0 Å². The van der Waals surface area contributed by atoms with E-state index in [0.717, 1.165) is 5.56 Å². The van der Waals surface area contributed by atoms with E-state index in [9.17, 15) is 10.1 Å². The molecule has 0 aliphatic carbocycles. The van der Waals surface area contributed by atoms with Gasteiger partial charge in [0.2, 0.25) is 0 Å². The highest BCUT2D eigenvalue weighted by atomic mass is 16.6. The number of nitro groups is 1. The number of rotatable bonds is 4. The van der Waals surface area contributed by atoms with Gasteiger partial charge in [-0.1, -0.05) is 6.07 Å². The van der Waals surface area contributed by atoms with Gasteiger partial charge in [-0.3, -0.25) is 15.1 Å². The van der Waals surface area contributed by atoms with E-state index < -0.39 is 4.92 Å². The fraction of sp³-hybridized carbons (Fsp3) is 0.231. The molecule has 0 spiro atoms. The quantitative estimate of drug-likeness (QED) is 0.622. The summed E-state index contributed by atoms with van der Waals surface area (Å²) in [5.41, 5.74) is 1.05. The van der Waals surface area contributed by atoms with Crippen molar-refractivity contribution in [3.8, 4) is 0 Å². The average Bonchev–Trinajstić information content (AvgIpc) is 2.46. The monoisotopic (exact) mass is 258 g/mol. The van der Waals surface area contributed by atoms with Crippen LogP contribution in [0.1, 0.15) is 18.5 Å². The Morgan fingerprint density at radius 2 is 2.11 bits per heavy atom. The Kier molecular flexibility index (Phi) is 3.70. The molecule has 0 bridgehead atoms. The van der Waals surface area contributed by atoms with Crippen LogP contribution in [0.5, 0.6) is 0 Å². The van der Waals surface area contributed by atoms with Crippen LogP contribution in [0.3, 0.4) is 0 Å². The Bertz CT molecular complexity index is 557. The minimum atomic E-state index is -0.457. The maximum Gasteiger partial charge on any atom is 0.287 e. The van der Waals surface area contributed by atoms with Crippen LogP contribution < -0.4 is 4.90 Å². The third kappa shape index (κ3) is 2.85. The molecule has 2 aromatic rings. The highest BCUT2D eigenvalue weighted by molar-refractivity contribution is 5.44. The molecule has 1 atom stereocenters. The van der Waals surface area contributed by atoms with Crippen LogP contribution in [0.15, 0.2) is 42.9 Å². The maximum atomic E-state index is 10.6. The van der Waals surface area contributed by atoms with Crippen molar-refractivity contribution in [1.82, 2.24) is 9.97 Å². The highest BCUT2D eigenvalue weighted by Gasteiger charge is 2.14. The van der Waals surface area contributed by atoms with E-state index in [1.807, 2.05) is 31.0 Å². The Morgan fingerprint density at radius 3 is 2.63 bits per heavy atom. The molecule has 0 aliphatic rings. The zero-order chi connectivity index (χ0) is 13.8. The van der Waals surface area contributed by atoms with E-state index in [1.54, 1.807) is 18.5 Å². The summed E-state index contributed by atoms with van der Waals surface area (Å²) in [6.07, 6.45) is 4.79. The molecule has 6 nitrogen and oxygen atoms in total. The van der Waals surface area contributed by atoms with Crippen molar-refractivity contribution in [3.05, 3.63) is 58.5 Å². The second kappa shape index (κ2) is 5.43. The van der Waals surface area contributed by atoms with Crippen molar-refractivity contribution in [2.75, 3.05) is 11.9 Å². The lowest BCUT2D eigenvalue weighted by Crippen LogP contribution is -2.22. The standard InChI is InChI=1S/C13H14N4O2/c1-10(11-4-3-7-14-8-11)16(2)13-6-5-12(9-15-13)17(18)19/h3-10H,1-2H3. The van der Waals surface area contributed by atoms with Gasteiger partial charge < -0.3 is 4.90 Å². The molecule has 0 radical (unpaired) electrons. The number of pyridine rings is 2. The van der Waals surface area contributed by atoms with Gasteiger partial charge in [0.05, 0.1) is 11.0 Å². The molecule has 6 heteroatoms. The predicted octanol–water partition coefficient (Wildman–Crippen LogP) is 2.58. The molecular weight excluding hydrogens is 244 g/mol. The van der Waals surface area contributed by atoms with Crippen LogP contribution in [-0.2, 0) is 0 Å². The molecule has 1 unspecified atom stereocenters. The average molecular weight is 258 g/mol. The summed E-state index contributed by atoms with van der Waals surface area (Å²) < 4.78 is 0. The van der Waals surface area contributed by atoms with Crippen molar-refractivity contribution >= 4 is 11.5 Å². The van der Waals surface area contributed by atoms with E-state index in [-0.39, 0.29) is 11.7 Å². The summed E-state index contributed by atoms with van der Waals surface area (Å²) in [5.74, 6) is 0.682. The first-order valence-corrected chi connectivity index (χ1v) is 5.83. The van der Waals surface area contributed by atoms with Crippen molar-refractivity contribution in [3.63, 3.8) is 0 Å². The van der Waals surface area contributed by atoms with Gasteiger partial charge in [0.25, 0.3) is 5.69 Å². The summed E-state index contributed by atoms with van der Waals surface area (Å²) in [6.45, 7) is 2.03. The molecule has 19 heavy (non-hydrogen) atoms. The molecule has 2 aromatic heterocycles. The van der Waals surface area contributed by atoms with E-state index in [0.29, 0.717) is 5.82 Å². The molecule has 0 saturated carbocycles. The molecular formula is C13H14N4O2. The maximum absolute atomic E-state index is 10.6. The second-order valence-corrected chi connectivity index (χ2v) is 4.20. The molecule has 0 saturated heterocycles. The molecule has 0 aliphatic heterocycles. The zero-order valence-electron chi connectivity index (χ0n) is 10.7. The minimum absolute atomic E-state index is 0.00817. The van der Waals surface area contributed by atoms with Gasteiger partial charge in [-0.15, -0.1) is 0 Å². The topological polar surface area (TPSA) is 72.2 Å². The van der Waals surface area contributed by atoms with Gasteiger partial charge >= 0.3 is 0 Å². The summed E-state index contributed by atoms with van der Waals surface area (Å²) in [6, 6.07) is 7.05. The van der Waals surface area contributed by atoms with Crippen LogP contribution in [0, 0.1) is 10.1 Å². The first kappa shape index (κ1) is 12.9. The number of hydrogen-bond donors (Lipinski definition) is 0. The summed E-state index contributed by atoms with van der Waals surface area (Å²) in [7, 11) is 1.89. The largest absolute Gasteiger partial charge is 0.353 e. The smallest absolute Gasteiger partial charge is 0.287 e. The van der Waals surface area contributed by atoms with Crippen LogP contribution in [0.4, 0.5) is 11.5 Å². The Morgan fingerprint density at radius 1 is 1.32 bits per heavy atom. The molecule has 0 fully saturated rings. The van der Waals surface area contributed by atoms with Crippen LogP contribution in [0.2, 0.25) is 0 Å². The van der Waals surface area contributed by atoms with Gasteiger partial charge in [0.15, 0.2) is 0 Å². The Hall–Kier alpha value is -2.50. The molecule has 0 aromatic carbocycles. The van der Waals surface area contributed by atoms with E-state index in [1.165, 1.54) is 12.3 Å². The molecule has 2 rings (SSSR count). The first-order valence-electron chi connectivity index (χ1n) is 5.83. The minimum Gasteiger partial charge on any atom is -0.353 e. The summed E-state index contributed by atoms with van der Waals surface area (Å²) in [5, 5.41) is 10.6. The van der Waals surface area contributed by atoms with Crippen molar-refractivity contribution in [2.45, 2.75) is 13.0 Å². The van der Waals surface area contributed by atoms with Crippen LogP contribution in [-0.4, -0.2) is 21.9 Å². The van der Waals surface area contributed by atoms with Crippen molar-refractivity contribution in [1.29, 1.82) is 0 Å². The zero-order valence-corrected chi connectivity index (χ0v) is 10.7. The number of nitrogens with zero attached hydrogens (tertiary/aromatic N) is 4. The van der Waals surface area contributed by atoms with Gasteiger partial charge in [0, 0.05) is 25.5 Å². The fourth-order valence-electron chi connectivity index (χ4n) is 1.74. The predicted molar refractivity (Wildman–Crippen MR) is 71.9 cm³/mol. The summed E-state index contributed by atoms with van der Waals surface area (Å²) >= 11 is 0. The van der Waals surface area contributed by atoms with Crippen molar-refractivity contribution < 1.29 is 4.92 Å². The fourth-order valence-corrected chi connectivity index (χ4v) is 1.74. The van der Waals surface area contributed by atoms with Crippen LogP contribution in [0.25, 0.3) is 0 Å². The second-order valence-electron chi connectivity index (χ2n) is 4.20. The lowest BCUT2D eigenvalue weighted by atomic mass is 10.1. The van der Waals surface area contributed by atoms with Gasteiger partial charge in [-0.05, 0) is 24.6 Å². The van der Waals surface area contributed by atoms with Gasteiger partial charge in [0.1, 0.15) is 12.0 Å². The van der Waals surface area contributed by atoms with Gasteiger partial charge in [-0.25, -0.2) is 4.98 Å². The highest BCUT2D eigenvalue weighted by Crippen LogP contribution is 2.24. The normalized spacial score (nSPS) is 11.9. The third-order valence-electron chi connectivity index (χ3n) is 3.05. The SMILES string of the molecule is CC(c1cccnc1)N(C)c1ccc([N+](=O)[O-])cn1. The summed E-state index contributed by atoms with van der Waals surface area (Å²) in [4.78, 5) is 20.3. The molecule has 98 valence electrons. The molecule has 2 heterocycles. The lowest BCUT2D eigenvalue weighted by Gasteiger charge is -2.25. The Balaban J connectivity index is 2.19. The number of anilines is 1. The number of aromatic nitrogens is 2. The lowest BCUT2D eigenvalue weighted by molar-refractivity contribution is -0.385. The first-order chi connectivity index (χ1) is 9.09. The van der Waals surface area contributed by atoms with Gasteiger partial charge in [-0.2, -0.15) is 0 Å². The Labute approximate surface area is 110 Å². The molecule has 0 amide bonds. The molecule has 0 N–H and O–H groups in total. The van der Waals surface area contributed by atoms with E-state index in [2.05, 4.69) is 9.97 Å². The third-order valence-corrected chi connectivity index (χ3v) is 3.05. The van der Waals surface area contributed by atoms with Crippen molar-refractivity contribution in [2.24, 2.45) is 0 Å². The van der Waals surface area contributed by atoms with E-state index in [4.69, 9.17) is 0 Å². The van der Waals surface area contributed by atoms with E-state index >= 15 is 0 Å².